The van der Waals surface area contributed by atoms with Gasteiger partial charge in [0.15, 0.2) is 0 Å². The van der Waals surface area contributed by atoms with Gasteiger partial charge in [-0.2, -0.15) is 10.5 Å². The number of hydrogen-bond acceptors (Lipinski definition) is 7. The zero-order valence-corrected chi connectivity index (χ0v) is 21.3. The molecule has 1 saturated heterocycles. The monoisotopic (exact) mass is 512 g/mol. The number of nitrogens with zero attached hydrogens (tertiary/aromatic N) is 5. The zero-order chi connectivity index (χ0) is 26.7. The van der Waals surface area contributed by atoms with Gasteiger partial charge in [-0.1, -0.05) is 18.9 Å². The van der Waals surface area contributed by atoms with Crippen molar-refractivity contribution in [3.63, 3.8) is 0 Å². The van der Waals surface area contributed by atoms with Crippen LogP contribution in [-0.4, -0.2) is 63.5 Å². The maximum absolute atomic E-state index is 13.3. The minimum absolute atomic E-state index is 0.252. The van der Waals surface area contributed by atoms with E-state index in [4.69, 9.17) is 0 Å². The van der Waals surface area contributed by atoms with E-state index in [1.807, 2.05) is 12.2 Å². The summed E-state index contributed by atoms with van der Waals surface area (Å²) in [5.74, 6) is -1.43. The van der Waals surface area contributed by atoms with Gasteiger partial charge in [0.1, 0.15) is 11.3 Å². The fourth-order valence-electron chi connectivity index (χ4n) is 5.99. The molecule has 1 aromatic rings. The molecule has 0 bridgehead atoms. The molecule has 1 saturated carbocycles. The molecule has 9 heteroatoms. The third kappa shape index (κ3) is 5.00. The van der Waals surface area contributed by atoms with Crippen molar-refractivity contribution in [3.05, 3.63) is 65.3 Å². The molecule has 2 N–H and O–H groups in total. The highest BCUT2D eigenvalue weighted by molar-refractivity contribution is 6.03. The molecule has 4 heterocycles. The Morgan fingerprint density at radius 2 is 2.00 bits per heavy atom. The lowest BCUT2D eigenvalue weighted by molar-refractivity contribution is -0.140. The van der Waals surface area contributed by atoms with Gasteiger partial charge in [-0.15, -0.1) is 0 Å². The predicted molar refractivity (Wildman–Crippen MR) is 139 cm³/mol. The van der Waals surface area contributed by atoms with Gasteiger partial charge in [0.2, 0.25) is 11.8 Å². The van der Waals surface area contributed by atoms with Gasteiger partial charge in [-0.05, 0) is 62.0 Å². The topological polar surface area (TPSA) is 133 Å². The maximum atomic E-state index is 13.3. The van der Waals surface area contributed by atoms with Gasteiger partial charge >= 0.3 is 0 Å². The molecule has 9 nitrogen and oxygen atoms in total. The molecule has 0 aromatic carbocycles. The fourth-order valence-corrected chi connectivity index (χ4v) is 5.99. The van der Waals surface area contributed by atoms with E-state index in [0.717, 1.165) is 24.1 Å². The smallest absolute Gasteiger partial charge is 0.243 e. The molecule has 4 aliphatic rings. The van der Waals surface area contributed by atoms with Gasteiger partial charge < -0.3 is 10.4 Å². The third-order valence-electron chi connectivity index (χ3n) is 8.30. The molecule has 2 fully saturated rings. The van der Waals surface area contributed by atoms with Gasteiger partial charge in [0.25, 0.3) is 0 Å². The fraction of sp³-hybridized carbons (Fsp3) is 0.483. The van der Waals surface area contributed by atoms with Crippen molar-refractivity contribution in [1.29, 1.82) is 10.5 Å². The Morgan fingerprint density at radius 1 is 1.21 bits per heavy atom. The summed E-state index contributed by atoms with van der Waals surface area (Å²) in [6.45, 7) is 1.89. The first-order chi connectivity index (χ1) is 18.4. The second kappa shape index (κ2) is 10.9. The van der Waals surface area contributed by atoms with Crippen molar-refractivity contribution in [3.8, 4) is 12.1 Å². The first kappa shape index (κ1) is 25.8. The molecular formula is C29H32N6O3. The van der Waals surface area contributed by atoms with Crippen LogP contribution in [0.15, 0.2) is 54.0 Å². The average molecular weight is 513 g/mol. The highest BCUT2D eigenvalue weighted by atomic mass is 16.3. The average Bonchev–Trinajstić information content (AvgIpc) is 2.96. The van der Waals surface area contributed by atoms with Crippen molar-refractivity contribution in [2.24, 2.45) is 5.92 Å². The Morgan fingerprint density at radius 3 is 2.74 bits per heavy atom. The number of carbonyl (C=O) groups is 2. The quantitative estimate of drug-likeness (QED) is 0.579. The van der Waals surface area contributed by atoms with Gasteiger partial charge in [0, 0.05) is 37.7 Å². The van der Waals surface area contributed by atoms with Crippen molar-refractivity contribution >= 4 is 11.8 Å². The van der Waals surface area contributed by atoms with Crippen LogP contribution in [0.25, 0.3) is 0 Å². The molecular weight excluding hydrogens is 480 g/mol. The second-order valence-electron chi connectivity index (χ2n) is 10.6. The minimum atomic E-state index is -0.847. The lowest BCUT2D eigenvalue weighted by atomic mass is 9.76. The Kier molecular flexibility index (Phi) is 7.42. The number of likely N-dealkylation sites (tertiary alicyclic amines) is 1. The molecule has 1 aromatic heterocycles. The number of piperidine rings is 1. The number of carbonyl (C=O) groups excluding carboxylic acids is 2. The van der Waals surface area contributed by atoms with Gasteiger partial charge in [0.05, 0.1) is 35.5 Å². The molecule has 3 unspecified atom stereocenters. The Bertz CT molecular complexity index is 1280. The van der Waals surface area contributed by atoms with E-state index in [2.05, 4.69) is 27.3 Å². The summed E-state index contributed by atoms with van der Waals surface area (Å²) >= 11 is 0. The molecule has 5 rings (SSSR count). The first-order valence-corrected chi connectivity index (χ1v) is 13.3. The van der Waals surface area contributed by atoms with Crippen molar-refractivity contribution in [2.45, 2.75) is 62.5 Å². The number of aromatic nitrogens is 1. The number of allylic oxidation sites excluding steroid dienone is 3. The first-order valence-electron chi connectivity index (χ1n) is 13.3. The molecule has 2 amide bonds. The van der Waals surface area contributed by atoms with Crippen LogP contribution in [-0.2, 0) is 15.0 Å². The normalized spacial score (nSPS) is 26.9. The van der Waals surface area contributed by atoms with Crippen LogP contribution >= 0.6 is 0 Å². The van der Waals surface area contributed by atoms with E-state index in [-0.39, 0.29) is 17.9 Å². The molecule has 196 valence electrons. The molecule has 1 aliphatic carbocycles. The summed E-state index contributed by atoms with van der Waals surface area (Å²) in [6.07, 6.45) is 13.1. The number of aliphatic hydroxyl groups excluding tert-OH is 1. The van der Waals surface area contributed by atoms with Crippen LogP contribution in [0.1, 0.15) is 56.2 Å². The van der Waals surface area contributed by atoms with Crippen molar-refractivity contribution < 1.29 is 14.7 Å². The van der Waals surface area contributed by atoms with Crippen LogP contribution in [0.2, 0.25) is 0 Å². The van der Waals surface area contributed by atoms with Gasteiger partial charge in [-0.3, -0.25) is 24.4 Å². The van der Waals surface area contributed by atoms with Crippen LogP contribution in [0.5, 0.6) is 0 Å². The molecule has 0 radical (unpaired) electrons. The number of fused-ring (bicyclic) bond motifs is 1. The SMILES string of the molecule is N#Cc1ccnc(C2(C#N)CCN(CC3=C4C=CC=CN4C(=O)C(C(=O)NC4CCCCC4O)C3)CC2)c1. The second-order valence-corrected chi connectivity index (χ2v) is 10.6. The van der Waals surface area contributed by atoms with E-state index < -0.39 is 17.4 Å². The summed E-state index contributed by atoms with van der Waals surface area (Å²) in [6, 6.07) is 7.63. The van der Waals surface area contributed by atoms with Crippen molar-refractivity contribution in [1.82, 2.24) is 20.1 Å². The highest BCUT2D eigenvalue weighted by Gasteiger charge is 2.42. The standard InChI is InChI=1S/C29H32N6O3/c30-17-20-8-11-32-26(15-20)29(19-31)9-13-34(14-10-29)18-21-16-22(28(38)35-12-4-3-6-24(21)35)27(37)33-23-5-1-2-7-25(23)36/h3-4,6,8,11-12,15,22-23,25,36H,1-2,5,7,9-10,13-14,16,18H2,(H,33,37). The van der Waals surface area contributed by atoms with Crippen LogP contribution < -0.4 is 5.32 Å². The van der Waals surface area contributed by atoms with Gasteiger partial charge in [-0.25, -0.2) is 0 Å². The number of rotatable bonds is 5. The maximum Gasteiger partial charge on any atom is 0.243 e. The highest BCUT2D eigenvalue weighted by Crippen LogP contribution is 2.36. The largest absolute Gasteiger partial charge is 0.391 e. The Hall–Kier alpha value is -3.79. The molecule has 3 atom stereocenters. The summed E-state index contributed by atoms with van der Waals surface area (Å²) in [7, 11) is 0. The predicted octanol–water partition coefficient (Wildman–Crippen LogP) is 2.42. The summed E-state index contributed by atoms with van der Waals surface area (Å²) in [5, 5.41) is 32.6. The Labute approximate surface area is 222 Å². The molecule has 38 heavy (non-hydrogen) atoms. The number of amides is 2. The van der Waals surface area contributed by atoms with Crippen LogP contribution in [0.4, 0.5) is 0 Å². The number of hydrogen-bond donors (Lipinski definition) is 2. The number of nitriles is 2. The number of nitrogens with one attached hydrogen (secondary N) is 1. The van der Waals surface area contributed by atoms with Crippen LogP contribution in [0, 0.1) is 28.6 Å². The van der Waals surface area contributed by atoms with E-state index in [1.54, 1.807) is 35.5 Å². The third-order valence-corrected chi connectivity index (χ3v) is 8.30. The van der Waals surface area contributed by atoms with Crippen LogP contribution in [0.3, 0.4) is 0 Å². The summed E-state index contributed by atoms with van der Waals surface area (Å²) in [4.78, 5) is 34.8. The number of pyridine rings is 1. The number of aliphatic hydroxyl groups is 1. The lowest BCUT2D eigenvalue weighted by Crippen LogP contribution is -2.52. The Balaban J connectivity index is 1.30. The lowest BCUT2D eigenvalue weighted by Gasteiger charge is -2.40. The summed E-state index contributed by atoms with van der Waals surface area (Å²) in [5.41, 5.74) is 2.20. The zero-order valence-electron chi connectivity index (χ0n) is 21.3. The molecule has 0 spiro atoms. The van der Waals surface area contributed by atoms with Crippen molar-refractivity contribution in [2.75, 3.05) is 19.6 Å². The van der Waals surface area contributed by atoms with E-state index in [1.165, 1.54) is 0 Å². The molecule has 3 aliphatic heterocycles. The van der Waals surface area contributed by atoms with E-state index in [9.17, 15) is 25.2 Å². The minimum Gasteiger partial charge on any atom is -0.391 e. The van der Waals surface area contributed by atoms with E-state index >= 15 is 0 Å². The summed E-state index contributed by atoms with van der Waals surface area (Å²) < 4.78 is 0. The van der Waals surface area contributed by atoms with E-state index in [0.29, 0.717) is 63.0 Å².